The van der Waals surface area contributed by atoms with Crippen LogP contribution in [0.3, 0.4) is 0 Å². The number of hydrogen-bond donors (Lipinski definition) is 1. The van der Waals surface area contributed by atoms with E-state index >= 15 is 0 Å². The molecule has 0 spiro atoms. The Morgan fingerprint density at radius 2 is 2.25 bits per heavy atom. The van der Waals surface area contributed by atoms with Crippen LogP contribution in [0, 0.1) is 6.92 Å². The molecule has 2 heteroatoms. The molecule has 0 amide bonds. The van der Waals surface area contributed by atoms with Crippen molar-refractivity contribution < 1.29 is 0 Å². The average Bonchev–Trinajstić information content (AvgIpc) is 2.28. The fourth-order valence-electron chi connectivity index (χ4n) is 1.89. The number of aryl methyl sites for hydroxylation is 1. The molecule has 16 heavy (non-hydrogen) atoms. The van der Waals surface area contributed by atoms with Crippen molar-refractivity contribution in [1.82, 2.24) is 5.32 Å². The molecule has 0 aromatic heterocycles. The molecule has 1 N–H and O–H groups in total. The van der Waals surface area contributed by atoms with E-state index in [1.807, 2.05) is 12.1 Å². The second-order valence-electron chi connectivity index (χ2n) is 3.98. The Hall–Kier alpha value is -0.790. The molecular weight excluding hydrogens is 218 g/mol. The van der Waals surface area contributed by atoms with E-state index in [1.165, 1.54) is 11.1 Å². The normalized spacial score (nSPS) is 12.4. The van der Waals surface area contributed by atoms with Gasteiger partial charge in [0.25, 0.3) is 0 Å². The van der Waals surface area contributed by atoms with Crippen molar-refractivity contribution in [3.05, 3.63) is 47.0 Å². The van der Waals surface area contributed by atoms with Gasteiger partial charge in [-0.3, -0.25) is 0 Å². The second kappa shape index (κ2) is 6.72. The van der Waals surface area contributed by atoms with Crippen LogP contribution >= 0.6 is 11.6 Å². The number of hydrogen-bond acceptors (Lipinski definition) is 1. The Kier molecular flexibility index (Phi) is 5.58. The Morgan fingerprint density at radius 1 is 1.50 bits per heavy atom. The van der Waals surface area contributed by atoms with E-state index in [4.69, 9.17) is 11.6 Å². The van der Waals surface area contributed by atoms with Crippen LogP contribution in [-0.2, 0) is 0 Å². The summed E-state index contributed by atoms with van der Waals surface area (Å²) in [7, 11) is 0. The second-order valence-corrected chi connectivity index (χ2v) is 4.41. The summed E-state index contributed by atoms with van der Waals surface area (Å²) in [6, 6.07) is 6.46. The minimum Gasteiger partial charge on any atom is -0.310 e. The van der Waals surface area contributed by atoms with Crippen molar-refractivity contribution in [2.45, 2.75) is 32.7 Å². The molecule has 0 bridgehead atoms. The Balaban J connectivity index is 2.89. The van der Waals surface area contributed by atoms with E-state index in [0.29, 0.717) is 6.04 Å². The lowest BCUT2D eigenvalue weighted by atomic mass is 9.97. The molecule has 1 rings (SSSR count). The molecular formula is C14H20ClN. The average molecular weight is 238 g/mol. The molecule has 0 aliphatic heterocycles. The minimum absolute atomic E-state index is 0.377. The van der Waals surface area contributed by atoms with Gasteiger partial charge in [0.05, 0.1) is 0 Å². The maximum Gasteiger partial charge on any atom is 0.0409 e. The zero-order chi connectivity index (χ0) is 12.0. The van der Waals surface area contributed by atoms with Gasteiger partial charge in [0.2, 0.25) is 0 Å². The molecule has 0 fully saturated rings. The number of nitrogens with one attached hydrogen (secondary N) is 1. The first-order valence-corrected chi connectivity index (χ1v) is 6.17. The van der Waals surface area contributed by atoms with Gasteiger partial charge in [-0.2, -0.15) is 0 Å². The Labute approximate surface area is 104 Å². The monoisotopic (exact) mass is 237 g/mol. The highest BCUT2D eigenvalue weighted by molar-refractivity contribution is 6.30. The lowest BCUT2D eigenvalue weighted by molar-refractivity contribution is 0.517. The van der Waals surface area contributed by atoms with Gasteiger partial charge >= 0.3 is 0 Å². The first-order chi connectivity index (χ1) is 7.69. The fraction of sp³-hybridized carbons (Fsp3) is 0.429. The van der Waals surface area contributed by atoms with Crippen LogP contribution < -0.4 is 5.32 Å². The highest BCUT2D eigenvalue weighted by atomic mass is 35.5. The summed E-state index contributed by atoms with van der Waals surface area (Å²) in [4.78, 5) is 0. The van der Waals surface area contributed by atoms with Crippen LogP contribution in [0.1, 0.15) is 36.9 Å². The Morgan fingerprint density at radius 3 is 2.88 bits per heavy atom. The standard InChI is InChI=1S/C14H20ClN/c1-4-6-7-14(16-5-2)13-10-12(15)9-8-11(13)3/h4,8-10,14,16H,1,5-7H2,2-3H3. The molecule has 0 saturated heterocycles. The molecule has 0 aliphatic carbocycles. The van der Waals surface area contributed by atoms with Gasteiger partial charge < -0.3 is 5.32 Å². The molecule has 88 valence electrons. The largest absolute Gasteiger partial charge is 0.310 e. The Bertz CT molecular complexity index is 347. The van der Waals surface area contributed by atoms with E-state index in [2.05, 4.69) is 37.9 Å². The van der Waals surface area contributed by atoms with Crippen LogP contribution in [0.25, 0.3) is 0 Å². The summed E-state index contributed by atoms with van der Waals surface area (Å²) in [5, 5.41) is 4.30. The lowest BCUT2D eigenvalue weighted by Crippen LogP contribution is -2.21. The summed E-state index contributed by atoms with van der Waals surface area (Å²) in [5.41, 5.74) is 2.59. The third-order valence-corrected chi connectivity index (χ3v) is 2.96. The van der Waals surface area contributed by atoms with Crippen LogP contribution in [-0.4, -0.2) is 6.54 Å². The van der Waals surface area contributed by atoms with E-state index < -0.39 is 0 Å². The molecule has 1 atom stereocenters. The number of rotatable bonds is 6. The smallest absolute Gasteiger partial charge is 0.0409 e. The highest BCUT2D eigenvalue weighted by Crippen LogP contribution is 2.25. The van der Waals surface area contributed by atoms with E-state index in [1.54, 1.807) is 0 Å². The topological polar surface area (TPSA) is 12.0 Å². The number of allylic oxidation sites excluding steroid dienone is 1. The molecule has 0 heterocycles. The van der Waals surface area contributed by atoms with E-state index in [9.17, 15) is 0 Å². The van der Waals surface area contributed by atoms with E-state index in [0.717, 1.165) is 24.4 Å². The summed E-state index contributed by atoms with van der Waals surface area (Å²) in [6.45, 7) is 8.99. The lowest BCUT2D eigenvalue weighted by Gasteiger charge is -2.20. The number of benzene rings is 1. The van der Waals surface area contributed by atoms with Crippen LogP contribution in [0.5, 0.6) is 0 Å². The van der Waals surface area contributed by atoms with Crippen molar-refractivity contribution in [2.24, 2.45) is 0 Å². The van der Waals surface area contributed by atoms with E-state index in [-0.39, 0.29) is 0 Å². The molecule has 1 aromatic carbocycles. The summed E-state index contributed by atoms with van der Waals surface area (Å²) >= 11 is 6.05. The SMILES string of the molecule is C=CCCC(NCC)c1cc(Cl)ccc1C. The molecule has 1 unspecified atom stereocenters. The summed E-state index contributed by atoms with van der Waals surface area (Å²) in [6.07, 6.45) is 4.05. The van der Waals surface area contributed by atoms with Gasteiger partial charge in [-0.05, 0) is 49.6 Å². The minimum atomic E-state index is 0.377. The predicted octanol–water partition coefficient (Wildman–Crippen LogP) is 4.27. The van der Waals surface area contributed by atoms with Gasteiger partial charge in [0.15, 0.2) is 0 Å². The van der Waals surface area contributed by atoms with Crippen molar-refractivity contribution >= 4 is 11.6 Å². The third kappa shape index (κ3) is 3.66. The molecule has 1 aromatic rings. The quantitative estimate of drug-likeness (QED) is 0.729. The van der Waals surface area contributed by atoms with Gasteiger partial charge in [-0.25, -0.2) is 0 Å². The molecule has 0 aliphatic rings. The fourth-order valence-corrected chi connectivity index (χ4v) is 2.07. The third-order valence-electron chi connectivity index (χ3n) is 2.73. The van der Waals surface area contributed by atoms with Crippen LogP contribution in [0.15, 0.2) is 30.9 Å². The molecule has 1 nitrogen and oxygen atoms in total. The molecule has 0 saturated carbocycles. The van der Waals surface area contributed by atoms with Crippen molar-refractivity contribution in [1.29, 1.82) is 0 Å². The van der Waals surface area contributed by atoms with Gasteiger partial charge in [0.1, 0.15) is 0 Å². The van der Waals surface area contributed by atoms with Crippen molar-refractivity contribution in [2.75, 3.05) is 6.54 Å². The first kappa shape index (κ1) is 13.3. The van der Waals surface area contributed by atoms with Crippen molar-refractivity contribution in [3.63, 3.8) is 0 Å². The predicted molar refractivity (Wildman–Crippen MR) is 72.0 cm³/mol. The zero-order valence-corrected chi connectivity index (χ0v) is 10.8. The summed E-state index contributed by atoms with van der Waals surface area (Å²) in [5.74, 6) is 0. The number of halogens is 1. The summed E-state index contributed by atoms with van der Waals surface area (Å²) < 4.78 is 0. The highest BCUT2D eigenvalue weighted by Gasteiger charge is 2.12. The zero-order valence-electron chi connectivity index (χ0n) is 10.1. The molecule has 0 radical (unpaired) electrons. The van der Waals surface area contributed by atoms with Gasteiger partial charge in [-0.15, -0.1) is 6.58 Å². The van der Waals surface area contributed by atoms with Crippen LogP contribution in [0.4, 0.5) is 0 Å². The van der Waals surface area contributed by atoms with Crippen molar-refractivity contribution in [3.8, 4) is 0 Å². The maximum atomic E-state index is 6.05. The maximum absolute atomic E-state index is 6.05. The first-order valence-electron chi connectivity index (χ1n) is 5.79. The van der Waals surface area contributed by atoms with Gasteiger partial charge in [-0.1, -0.05) is 30.7 Å². The van der Waals surface area contributed by atoms with Crippen LogP contribution in [0.2, 0.25) is 5.02 Å². The van der Waals surface area contributed by atoms with Gasteiger partial charge in [0, 0.05) is 11.1 Å².